The van der Waals surface area contributed by atoms with E-state index in [-0.39, 0.29) is 17.8 Å². The lowest BCUT2D eigenvalue weighted by Gasteiger charge is -2.31. The number of carbonyl (C=O) groups is 1. The lowest BCUT2D eigenvalue weighted by Crippen LogP contribution is -2.42. The summed E-state index contributed by atoms with van der Waals surface area (Å²) >= 11 is 0. The second-order valence-corrected chi connectivity index (χ2v) is 8.26. The molecule has 1 aromatic carbocycles. The monoisotopic (exact) mass is 325 g/mol. The highest BCUT2D eigenvalue weighted by atomic mass is 32.2. The molecule has 1 aromatic rings. The van der Waals surface area contributed by atoms with Gasteiger partial charge in [-0.15, -0.1) is 0 Å². The first kappa shape index (κ1) is 17.0. The maximum Gasteiger partial charge on any atom is 0.318 e. The molecule has 0 bridgehead atoms. The molecule has 2 rings (SSSR count). The highest BCUT2D eigenvalue weighted by Gasteiger charge is 2.35. The minimum absolute atomic E-state index is 0.146. The summed E-state index contributed by atoms with van der Waals surface area (Å²) in [6.07, 6.45) is 4.19. The van der Waals surface area contributed by atoms with Crippen LogP contribution in [0.1, 0.15) is 36.8 Å². The van der Waals surface area contributed by atoms with Crippen molar-refractivity contribution >= 4 is 15.8 Å². The zero-order valence-electron chi connectivity index (χ0n) is 12.8. The Balaban J connectivity index is 2.06. The van der Waals surface area contributed by atoms with Crippen LogP contribution in [0.15, 0.2) is 24.3 Å². The molecule has 0 radical (unpaired) electrons. The molecule has 0 aromatic heterocycles. The highest BCUT2D eigenvalue weighted by molar-refractivity contribution is 7.92. The molecule has 0 heterocycles. The maximum absolute atomic E-state index is 11.7. The Morgan fingerprint density at radius 2 is 2.00 bits per heavy atom. The minimum Gasteiger partial charge on any atom is -0.480 e. The molecule has 0 spiro atoms. The van der Waals surface area contributed by atoms with E-state index in [0.29, 0.717) is 0 Å². The van der Waals surface area contributed by atoms with Crippen LogP contribution in [0.4, 0.5) is 0 Å². The number of nitrogens with one attached hydrogen (secondary N) is 1. The van der Waals surface area contributed by atoms with Gasteiger partial charge < -0.3 is 10.4 Å². The fraction of sp³-hybridized carbons (Fsp3) is 0.562. The molecule has 6 heteroatoms. The van der Waals surface area contributed by atoms with Crippen molar-refractivity contribution < 1.29 is 18.3 Å². The first-order valence-electron chi connectivity index (χ1n) is 7.57. The number of aliphatic carboxylic acids is 1. The molecular formula is C16H23NO4S. The minimum atomic E-state index is -3.55. The molecule has 22 heavy (non-hydrogen) atoms. The summed E-state index contributed by atoms with van der Waals surface area (Å²) in [5, 5.41) is 12.0. The van der Waals surface area contributed by atoms with Crippen molar-refractivity contribution in [3.05, 3.63) is 35.4 Å². The molecule has 1 saturated carbocycles. The molecule has 0 atom stereocenters. The molecule has 0 amide bonds. The Kier molecular flexibility index (Phi) is 5.24. The van der Waals surface area contributed by atoms with Crippen LogP contribution < -0.4 is 5.32 Å². The fourth-order valence-electron chi connectivity index (χ4n) is 3.19. The van der Waals surface area contributed by atoms with Crippen molar-refractivity contribution in [2.24, 2.45) is 0 Å². The van der Waals surface area contributed by atoms with Crippen LogP contribution >= 0.6 is 0 Å². The molecule has 0 unspecified atom stereocenters. The highest BCUT2D eigenvalue weighted by Crippen LogP contribution is 2.38. The summed E-state index contributed by atoms with van der Waals surface area (Å²) in [7, 11) is -3.55. The van der Waals surface area contributed by atoms with Gasteiger partial charge in [-0.1, -0.05) is 42.7 Å². The third kappa shape index (κ3) is 4.30. The predicted octanol–water partition coefficient (Wildman–Crippen LogP) is 1.85. The van der Waals surface area contributed by atoms with Gasteiger partial charge in [-0.05, 0) is 25.3 Å². The Morgan fingerprint density at radius 3 is 2.59 bits per heavy atom. The second kappa shape index (κ2) is 6.79. The summed E-state index contributed by atoms with van der Waals surface area (Å²) in [5.74, 6) is -2.24. The van der Waals surface area contributed by atoms with E-state index in [1.165, 1.54) is 11.1 Å². The summed E-state index contributed by atoms with van der Waals surface area (Å²) in [6, 6.07) is 8.29. The smallest absolute Gasteiger partial charge is 0.318 e. The molecule has 1 aliphatic carbocycles. The van der Waals surface area contributed by atoms with Gasteiger partial charge in [-0.2, -0.15) is 0 Å². The maximum atomic E-state index is 11.7. The van der Waals surface area contributed by atoms with Gasteiger partial charge in [0.05, 0.1) is 5.75 Å². The van der Waals surface area contributed by atoms with Gasteiger partial charge in [0.15, 0.2) is 9.84 Å². The zero-order valence-corrected chi connectivity index (χ0v) is 13.7. The van der Waals surface area contributed by atoms with E-state index in [0.717, 1.165) is 25.7 Å². The first-order chi connectivity index (χ1) is 10.3. The van der Waals surface area contributed by atoms with E-state index in [9.17, 15) is 13.2 Å². The van der Waals surface area contributed by atoms with Gasteiger partial charge in [0.25, 0.3) is 0 Å². The Morgan fingerprint density at radius 1 is 1.32 bits per heavy atom. The fourth-order valence-corrected chi connectivity index (χ4v) is 4.13. The van der Waals surface area contributed by atoms with Gasteiger partial charge in [0.2, 0.25) is 0 Å². The number of carboxylic acid groups (broad SMARTS) is 1. The molecule has 5 nitrogen and oxygen atoms in total. The summed E-state index contributed by atoms with van der Waals surface area (Å²) < 4.78 is 23.4. The van der Waals surface area contributed by atoms with E-state index in [2.05, 4.69) is 17.4 Å². The summed E-state index contributed by atoms with van der Waals surface area (Å²) in [5.41, 5.74) is 2.20. The average Bonchev–Trinajstić information content (AvgIpc) is 2.87. The Bertz CT molecular complexity index is 633. The summed E-state index contributed by atoms with van der Waals surface area (Å²) in [6.45, 7) is 2.33. The van der Waals surface area contributed by atoms with Crippen LogP contribution in [-0.2, 0) is 20.2 Å². The van der Waals surface area contributed by atoms with Crippen LogP contribution in [-0.4, -0.2) is 37.5 Å². The second-order valence-electron chi connectivity index (χ2n) is 6.07. The van der Waals surface area contributed by atoms with Gasteiger partial charge in [0, 0.05) is 12.1 Å². The molecule has 0 aliphatic heterocycles. The van der Waals surface area contributed by atoms with Gasteiger partial charge >= 0.3 is 5.97 Å². The lowest BCUT2D eigenvalue weighted by atomic mass is 9.87. The molecule has 0 saturated heterocycles. The van der Waals surface area contributed by atoms with Crippen LogP contribution in [0.5, 0.6) is 0 Å². The Hall–Kier alpha value is -1.40. The SMILES string of the molecule is Cc1cccc(C2(NCCS(=O)(=O)CC(=O)O)CCCC2)c1. The third-order valence-corrected chi connectivity index (χ3v) is 5.76. The largest absolute Gasteiger partial charge is 0.480 e. The number of aryl methyl sites for hydroxylation is 1. The number of sulfone groups is 1. The van der Waals surface area contributed by atoms with E-state index >= 15 is 0 Å². The zero-order chi connectivity index (χ0) is 16.2. The van der Waals surface area contributed by atoms with Crippen LogP contribution in [0.25, 0.3) is 0 Å². The first-order valence-corrected chi connectivity index (χ1v) is 9.40. The van der Waals surface area contributed by atoms with Crippen molar-refractivity contribution in [2.75, 3.05) is 18.1 Å². The molecule has 1 aliphatic rings. The molecule has 122 valence electrons. The predicted molar refractivity (Wildman–Crippen MR) is 85.6 cm³/mol. The van der Waals surface area contributed by atoms with Gasteiger partial charge in [-0.3, -0.25) is 4.79 Å². The number of carboxylic acids is 1. The normalized spacial score (nSPS) is 17.5. The standard InChI is InChI=1S/C16H23NO4S/c1-13-5-4-6-14(11-13)16(7-2-3-8-16)17-9-10-22(20,21)12-15(18)19/h4-6,11,17H,2-3,7-10,12H2,1H3,(H,18,19). The van der Waals surface area contributed by atoms with Gasteiger partial charge in [0.1, 0.15) is 5.75 Å². The van der Waals surface area contributed by atoms with Crippen molar-refractivity contribution in [1.29, 1.82) is 0 Å². The van der Waals surface area contributed by atoms with Gasteiger partial charge in [-0.25, -0.2) is 8.42 Å². The summed E-state index contributed by atoms with van der Waals surface area (Å²) in [4.78, 5) is 10.6. The van der Waals surface area contributed by atoms with E-state index in [1.54, 1.807) is 0 Å². The number of hydrogen-bond acceptors (Lipinski definition) is 4. The van der Waals surface area contributed by atoms with Crippen LogP contribution in [0.3, 0.4) is 0 Å². The van der Waals surface area contributed by atoms with Crippen molar-refractivity contribution in [2.45, 2.75) is 38.1 Å². The topological polar surface area (TPSA) is 83.5 Å². The average molecular weight is 325 g/mol. The van der Waals surface area contributed by atoms with Crippen molar-refractivity contribution in [1.82, 2.24) is 5.32 Å². The quantitative estimate of drug-likeness (QED) is 0.799. The van der Waals surface area contributed by atoms with E-state index in [1.807, 2.05) is 19.1 Å². The molecular weight excluding hydrogens is 302 g/mol. The van der Waals surface area contributed by atoms with E-state index in [4.69, 9.17) is 5.11 Å². The number of benzene rings is 1. The third-order valence-electron chi connectivity index (χ3n) is 4.25. The molecule has 1 fully saturated rings. The van der Waals surface area contributed by atoms with Crippen LogP contribution in [0.2, 0.25) is 0 Å². The molecule has 2 N–H and O–H groups in total. The van der Waals surface area contributed by atoms with E-state index < -0.39 is 21.6 Å². The number of hydrogen-bond donors (Lipinski definition) is 2. The Labute approximate surface area is 131 Å². The van der Waals surface area contributed by atoms with Crippen molar-refractivity contribution in [3.63, 3.8) is 0 Å². The van der Waals surface area contributed by atoms with Crippen LogP contribution in [0, 0.1) is 6.92 Å². The lowest BCUT2D eigenvalue weighted by molar-refractivity contribution is -0.134. The van der Waals surface area contributed by atoms with Crippen molar-refractivity contribution in [3.8, 4) is 0 Å². The number of rotatable bonds is 7.